The van der Waals surface area contributed by atoms with Crippen LogP contribution in [0.1, 0.15) is 58.3 Å². The number of aliphatic hydroxyl groups excluding tert-OH is 1. The first-order chi connectivity index (χ1) is 14.9. The van der Waals surface area contributed by atoms with Crippen molar-refractivity contribution in [3.05, 3.63) is 48.6 Å². The lowest BCUT2D eigenvalue weighted by Gasteiger charge is -2.20. The maximum absolute atomic E-state index is 11.2. The van der Waals surface area contributed by atoms with Crippen LogP contribution in [0.25, 0.3) is 0 Å². The van der Waals surface area contributed by atoms with Crippen LogP contribution in [0.3, 0.4) is 0 Å². The third-order valence-electron chi connectivity index (χ3n) is 4.46. The summed E-state index contributed by atoms with van der Waals surface area (Å²) >= 11 is 1.29. The molecule has 31 heavy (non-hydrogen) atoms. The molecule has 0 saturated heterocycles. The summed E-state index contributed by atoms with van der Waals surface area (Å²) in [4.78, 5) is 22.2. The van der Waals surface area contributed by atoms with E-state index in [1.807, 2.05) is 30.4 Å². The first kappa shape index (κ1) is 29.2. The summed E-state index contributed by atoms with van der Waals surface area (Å²) in [5.41, 5.74) is 5.58. The SMILES string of the molecule is CCCCC/C=C\C\C=C/C=C/C=C/[C@@H](SC[C@H](N)C(=O)O)[C@@H](O)CCCC(=O)OC. The molecular weight excluding hydrogens is 414 g/mol. The number of methoxy groups -OCH3 is 1. The molecule has 6 nitrogen and oxygen atoms in total. The highest BCUT2D eigenvalue weighted by molar-refractivity contribution is 8.00. The zero-order chi connectivity index (χ0) is 23.3. The minimum Gasteiger partial charge on any atom is -0.480 e. The van der Waals surface area contributed by atoms with Crippen molar-refractivity contribution in [2.75, 3.05) is 12.9 Å². The van der Waals surface area contributed by atoms with Crippen molar-refractivity contribution < 1.29 is 24.5 Å². The fraction of sp³-hybridized carbons (Fsp3) is 0.583. The minimum absolute atomic E-state index is 0.187. The van der Waals surface area contributed by atoms with Crippen LogP contribution < -0.4 is 5.73 Å². The Morgan fingerprint density at radius 2 is 1.81 bits per heavy atom. The van der Waals surface area contributed by atoms with Gasteiger partial charge in [-0.3, -0.25) is 9.59 Å². The summed E-state index contributed by atoms with van der Waals surface area (Å²) in [6.07, 6.45) is 22.1. The van der Waals surface area contributed by atoms with Crippen LogP contribution in [-0.2, 0) is 14.3 Å². The molecule has 0 heterocycles. The third-order valence-corrected chi connectivity index (χ3v) is 5.86. The summed E-state index contributed by atoms with van der Waals surface area (Å²) < 4.78 is 4.61. The van der Waals surface area contributed by atoms with Crippen molar-refractivity contribution in [2.45, 2.75) is 75.7 Å². The average Bonchev–Trinajstić information content (AvgIpc) is 2.75. The number of aliphatic carboxylic acids is 1. The van der Waals surface area contributed by atoms with Gasteiger partial charge in [-0.15, -0.1) is 11.8 Å². The molecule has 0 aliphatic carbocycles. The Kier molecular flexibility index (Phi) is 18.9. The lowest BCUT2D eigenvalue weighted by atomic mass is 10.1. The Bertz CT molecular complexity index is 601. The van der Waals surface area contributed by atoms with Crippen molar-refractivity contribution in [1.29, 1.82) is 0 Å². The highest BCUT2D eigenvalue weighted by Crippen LogP contribution is 2.21. The maximum atomic E-state index is 11.2. The Hall–Kier alpha value is -1.83. The number of carbonyl (C=O) groups is 2. The van der Waals surface area contributed by atoms with Gasteiger partial charge in [0.05, 0.1) is 13.2 Å². The standard InChI is InChI=1S/C24H39NO5S/c1-3-4-5-6-7-8-9-10-11-12-13-14-17-22(31-19-20(25)24(28)29)21(26)16-15-18-23(27)30-2/h7-8,10-14,17,20-22,26H,3-6,9,15-16,18-19,25H2,1-2H3,(H,28,29)/b8-7-,11-10-,13-12+,17-14+/t20-,21-,22+/m0/s1. The molecule has 7 heteroatoms. The van der Waals surface area contributed by atoms with Crippen LogP contribution in [0.4, 0.5) is 0 Å². The number of thioether (sulfide) groups is 1. The van der Waals surface area contributed by atoms with E-state index in [-0.39, 0.29) is 23.4 Å². The number of aliphatic hydroxyl groups is 1. The van der Waals surface area contributed by atoms with Gasteiger partial charge in [-0.25, -0.2) is 0 Å². The summed E-state index contributed by atoms with van der Waals surface area (Å²) in [6.45, 7) is 2.20. The van der Waals surface area contributed by atoms with Crippen LogP contribution >= 0.6 is 11.8 Å². The average molecular weight is 454 g/mol. The van der Waals surface area contributed by atoms with Gasteiger partial charge in [-0.1, -0.05) is 68.4 Å². The number of hydrogen-bond acceptors (Lipinski definition) is 6. The fourth-order valence-corrected chi connectivity index (χ4v) is 3.70. The number of unbranched alkanes of at least 4 members (excludes halogenated alkanes) is 3. The van der Waals surface area contributed by atoms with Crippen molar-refractivity contribution in [3.63, 3.8) is 0 Å². The second-order valence-electron chi connectivity index (χ2n) is 7.18. The summed E-state index contributed by atoms with van der Waals surface area (Å²) in [5, 5.41) is 19.1. The largest absolute Gasteiger partial charge is 0.480 e. The summed E-state index contributed by atoms with van der Waals surface area (Å²) in [6, 6.07) is -0.989. The van der Waals surface area contributed by atoms with Gasteiger partial charge in [0.1, 0.15) is 6.04 Å². The second kappa shape index (κ2) is 20.1. The molecule has 0 aromatic rings. The Morgan fingerprint density at radius 1 is 1.06 bits per heavy atom. The number of ether oxygens (including phenoxy) is 1. The number of allylic oxidation sites excluding steroid dienone is 7. The number of nitrogens with two attached hydrogens (primary N) is 1. The first-order valence-electron chi connectivity index (χ1n) is 10.9. The van der Waals surface area contributed by atoms with E-state index >= 15 is 0 Å². The van der Waals surface area contributed by atoms with Crippen LogP contribution in [0, 0.1) is 0 Å². The topological polar surface area (TPSA) is 110 Å². The molecule has 0 aromatic carbocycles. The lowest BCUT2D eigenvalue weighted by Crippen LogP contribution is -2.34. The van der Waals surface area contributed by atoms with Gasteiger partial charge in [0.2, 0.25) is 0 Å². The van der Waals surface area contributed by atoms with E-state index in [1.165, 1.54) is 38.1 Å². The summed E-state index contributed by atoms with van der Waals surface area (Å²) in [7, 11) is 1.33. The first-order valence-corrected chi connectivity index (χ1v) is 12.0. The Balaban J connectivity index is 4.55. The van der Waals surface area contributed by atoms with Crippen LogP contribution in [0.15, 0.2) is 48.6 Å². The quantitative estimate of drug-likeness (QED) is 0.122. The predicted octanol–water partition coefficient (Wildman–Crippen LogP) is 4.40. The van der Waals surface area contributed by atoms with Gasteiger partial charge in [-0.2, -0.15) is 0 Å². The molecular formula is C24H39NO5S. The van der Waals surface area contributed by atoms with Gasteiger partial charge in [0, 0.05) is 17.4 Å². The molecule has 0 spiro atoms. The second-order valence-corrected chi connectivity index (χ2v) is 8.39. The zero-order valence-corrected chi connectivity index (χ0v) is 19.6. The molecule has 4 N–H and O–H groups in total. The third kappa shape index (κ3) is 17.5. The predicted molar refractivity (Wildman–Crippen MR) is 129 cm³/mol. The van der Waals surface area contributed by atoms with Crippen molar-refractivity contribution >= 4 is 23.7 Å². The minimum atomic E-state index is -1.07. The Labute approximate surface area is 191 Å². The molecule has 0 saturated carbocycles. The van der Waals surface area contributed by atoms with E-state index in [1.54, 1.807) is 0 Å². The van der Waals surface area contributed by atoms with Gasteiger partial charge in [0.25, 0.3) is 0 Å². The fourth-order valence-electron chi connectivity index (χ4n) is 2.57. The number of carboxylic acid groups (broad SMARTS) is 1. The van der Waals surface area contributed by atoms with Crippen LogP contribution in [0.2, 0.25) is 0 Å². The van der Waals surface area contributed by atoms with Gasteiger partial charge < -0.3 is 20.7 Å². The molecule has 0 radical (unpaired) electrons. The highest BCUT2D eigenvalue weighted by Gasteiger charge is 2.20. The van der Waals surface area contributed by atoms with Gasteiger partial charge in [-0.05, 0) is 32.1 Å². The van der Waals surface area contributed by atoms with Crippen LogP contribution in [0.5, 0.6) is 0 Å². The van der Waals surface area contributed by atoms with E-state index in [0.29, 0.717) is 12.8 Å². The zero-order valence-electron chi connectivity index (χ0n) is 18.8. The van der Waals surface area contributed by atoms with Crippen molar-refractivity contribution in [2.24, 2.45) is 5.73 Å². The van der Waals surface area contributed by atoms with Crippen molar-refractivity contribution in [1.82, 2.24) is 0 Å². The Morgan fingerprint density at radius 3 is 2.48 bits per heavy atom. The smallest absolute Gasteiger partial charge is 0.321 e. The van der Waals surface area contributed by atoms with E-state index in [4.69, 9.17) is 10.8 Å². The van der Waals surface area contributed by atoms with Gasteiger partial charge in [0.15, 0.2) is 0 Å². The summed E-state index contributed by atoms with van der Waals surface area (Å²) in [5.74, 6) is -1.20. The van der Waals surface area contributed by atoms with E-state index in [9.17, 15) is 14.7 Å². The molecule has 0 aliphatic rings. The molecule has 3 atom stereocenters. The van der Waals surface area contributed by atoms with E-state index < -0.39 is 18.1 Å². The number of carbonyl (C=O) groups excluding carboxylic acids is 1. The normalized spacial score (nSPS) is 15.2. The molecule has 0 amide bonds. The molecule has 0 rings (SSSR count). The highest BCUT2D eigenvalue weighted by atomic mass is 32.2. The molecule has 176 valence electrons. The van der Waals surface area contributed by atoms with Gasteiger partial charge >= 0.3 is 11.9 Å². The lowest BCUT2D eigenvalue weighted by molar-refractivity contribution is -0.141. The number of carboxylic acids is 1. The van der Waals surface area contributed by atoms with Crippen molar-refractivity contribution in [3.8, 4) is 0 Å². The maximum Gasteiger partial charge on any atom is 0.321 e. The molecule has 0 aliphatic heterocycles. The monoisotopic (exact) mass is 453 g/mol. The van der Waals surface area contributed by atoms with Crippen LogP contribution in [-0.4, -0.2) is 52.4 Å². The molecule has 0 aromatic heterocycles. The number of esters is 1. The van der Waals surface area contributed by atoms with E-state index in [2.05, 4.69) is 29.9 Å². The number of rotatable bonds is 18. The number of hydrogen-bond donors (Lipinski definition) is 3. The molecule has 0 unspecified atom stereocenters. The van der Waals surface area contributed by atoms with E-state index in [0.717, 1.165) is 12.8 Å². The molecule has 0 bridgehead atoms. The molecule has 0 fully saturated rings.